The number of aryl methyl sites for hydroxylation is 1. The molecule has 1 aromatic rings. The van der Waals surface area contributed by atoms with Crippen LogP contribution in [0.15, 0.2) is 12.3 Å². The molecule has 1 saturated heterocycles. The first kappa shape index (κ1) is 16.7. The zero-order valence-corrected chi connectivity index (χ0v) is 15.0. The van der Waals surface area contributed by atoms with Gasteiger partial charge in [0.25, 0.3) is 0 Å². The lowest BCUT2D eigenvalue weighted by Crippen LogP contribution is -2.31. The zero-order valence-electron chi connectivity index (χ0n) is 14.0. The summed E-state index contributed by atoms with van der Waals surface area (Å²) < 4.78 is 0. The fourth-order valence-corrected chi connectivity index (χ4v) is 2.87. The minimum atomic E-state index is -1.38. The lowest BCUT2D eigenvalue weighted by atomic mass is 10.2. The minimum Gasteiger partial charge on any atom is -0.309 e. The summed E-state index contributed by atoms with van der Waals surface area (Å²) in [6, 6.07) is 1.99. The molecule has 0 atom stereocenters. The maximum absolute atomic E-state index is 12.0. The molecule has 1 amide bonds. The van der Waals surface area contributed by atoms with Crippen molar-refractivity contribution in [2.24, 2.45) is 0 Å². The van der Waals surface area contributed by atoms with E-state index in [9.17, 15) is 4.79 Å². The molecular formula is C17H25N3OSi. The van der Waals surface area contributed by atoms with Gasteiger partial charge < -0.3 is 5.32 Å². The number of hydrogen-bond donors (Lipinski definition) is 1. The molecule has 0 aromatic carbocycles. The van der Waals surface area contributed by atoms with Crippen molar-refractivity contribution in [1.29, 1.82) is 0 Å². The van der Waals surface area contributed by atoms with Gasteiger partial charge in [0.2, 0.25) is 5.91 Å². The third-order valence-corrected chi connectivity index (χ3v) is 4.36. The SMILES string of the molecule is Cc1cc(C#C[Si](C)(C)C)cnc1NC(=O)CN1CCCC1. The highest BCUT2D eigenvalue weighted by atomic mass is 28.3. The Hall–Kier alpha value is -1.64. The number of rotatable bonds is 3. The Labute approximate surface area is 134 Å². The number of anilines is 1. The molecule has 1 aromatic heterocycles. The van der Waals surface area contributed by atoms with Crippen LogP contribution in [-0.2, 0) is 4.79 Å². The number of amides is 1. The van der Waals surface area contributed by atoms with Gasteiger partial charge >= 0.3 is 0 Å². The van der Waals surface area contributed by atoms with E-state index in [1.165, 1.54) is 12.8 Å². The summed E-state index contributed by atoms with van der Waals surface area (Å²) in [6.07, 6.45) is 4.12. The van der Waals surface area contributed by atoms with Crippen molar-refractivity contribution in [1.82, 2.24) is 9.88 Å². The second-order valence-electron chi connectivity index (χ2n) is 6.92. The summed E-state index contributed by atoms with van der Waals surface area (Å²) in [5, 5.41) is 2.91. The Kier molecular flexibility index (Phi) is 5.38. The van der Waals surface area contributed by atoms with Crippen LogP contribution >= 0.6 is 0 Å². The molecule has 1 aliphatic heterocycles. The van der Waals surface area contributed by atoms with Crippen LogP contribution in [0.5, 0.6) is 0 Å². The third-order valence-electron chi connectivity index (χ3n) is 3.48. The number of pyridine rings is 1. The molecule has 118 valence electrons. The molecule has 4 nitrogen and oxygen atoms in total. The Bertz CT molecular complexity index is 605. The highest BCUT2D eigenvalue weighted by Gasteiger charge is 2.16. The first-order chi connectivity index (χ1) is 10.3. The van der Waals surface area contributed by atoms with Crippen molar-refractivity contribution >= 4 is 19.8 Å². The monoisotopic (exact) mass is 315 g/mol. The van der Waals surface area contributed by atoms with Gasteiger partial charge in [0.05, 0.1) is 6.54 Å². The molecule has 1 N–H and O–H groups in total. The van der Waals surface area contributed by atoms with Gasteiger partial charge in [-0.15, -0.1) is 5.54 Å². The van der Waals surface area contributed by atoms with E-state index in [2.05, 4.69) is 46.3 Å². The van der Waals surface area contributed by atoms with Crippen LogP contribution in [0, 0.1) is 18.4 Å². The van der Waals surface area contributed by atoms with Gasteiger partial charge in [0.1, 0.15) is 13.9 Å². The average molecular weight is 315 g/mol. The van der Waals surface area contributed by atoms with Crippen LogP contribution in [0.4, 0.5) is 5.82 Å². The molecule has 0 spiro atoms. The Balaban J connectivity index is 1.99. The van der Waals surface area contributed by atoms with E-state index in [1.54, 1.807) is 6.20 Å². The van der Waals surface area contributed by atoms with E-state index in [1.807, 2.05) is 13.0 Å². The zero-order chi connectivity index (χ0) is 16.2. The van der Waals surface area contributed by atoms with E-state index in [0.29, 0.717) is 12.4 Å². The number of aromatic nitrogens is 1. The van der Waals surface area contributed by atoms with Gasteiger partial charge in [0.15, 0.2) is 0 Å². The molecular weight excluding hydrogens is 290 g/mol. The third kappa shape index (κ3) is 5.28. The normalized spacial score (nSPS) is 15.3. The molecule has 0 unspecified atom stereocenters. The number of likely N-dealkylation sites (tertiary alicyclic amines) is 1. The van der Waals surface area contributed by atoms with Crippen LogP contribution in [0.25, 0.3) is 0 Å². The van der Waals surface area contributed by atoms with E-state index >= 15 is 0 Å². The van der Waals surface area contributed by atoms with Crippen molar-refractivity contribution in [3.8, 4) is 11.5 Å². The van der Waals surface area contributed by atoms with Crippen molar-refractivity contribution in [2.75, 3.05) is 25.0 Å². The number of carbonyl (C=O) groups excluding carboxylic acids is 1. The molecule has 2 rings (SSSR count). The minimum absolute atomic E-state index is 0.0124. The summed E-state index contributed by atoms with van der Waals surface area (Å²) in [4.78, 5) is 18.6. The predicted octanol–water partition coefficient (Wildman–Crippen LogP) is 2.65. The fourth-order valence-electron chi connectivity index (χ4n) is 2.35. The highest BCUT2D eigenvalue weighted by molar-refractivity contribution is 6.83. The molecule has 5 heteroatoms. The number of nitrogens with zero attached hydrogens (tertiary/aromatic N) is 2. The van der Waals surface area contributed by atoms with Crippen LogP contribution in [0.3, 0.4) is 0 Å². The molecule has 0 saturated carbocycles. The number of nitrogens with one attached hydrogen (secondary N) is 1. The van der Waals surface area contributed by atoms with Gasteiger partial charge in [-0.05, 0) is 44.5 Å². The lowest BCUT2D eigenvalue weighted by molar-refractivity contribution is -0.117. The van der Waals surface area contributed by atoms with Crippen molar-refractivity contribution in [3.05, 3.63) is 23.4 Å². The van der Waals surface area contributed by atoms with E-state index < -0.39 is 8.07 Å². The van der Waals surface area contributed by atoms with Crippen molar-refractivity contribution in [3.63, 3.8) is 0 Å². The first-order valence-electron chi connectivity index (χ1n) is 7.85. The Morgan fingerprint density at radius 1 is 1.36 bits per heavy atom. The highest BCUT2D eigenvalue weighted by Crippen LogP contribution is 2.13. The van der Waals surface area contributed by atoms with Gasteiger partial charge in [0, 0.05) is 11.8 Å². The molecule has 1 fully saturated rings. The molecule has 1 aliphatic rings. The fraction of sp³-hybridized carbons (Fsp3) is 0.529. The molecule has 0 bridgehead atoms. The average Bonchev–Trinajstić information content (AvgIpc) is 2.91. The van der Waals surface area contributed by atoms with Crippen LogP contribution in [0.2, 0.25) is 19.6 Å². The first-order valence-corrected chi connectivity index (χ1v) is 11.4. The van der Waals surface area contributed by atoms with E-state index in [4.69, 9.17) is 0 Å². The molecule has 2 heterocycles. The maximum Gasteiger partial charge on any atom is 0.239 e. The quantitative estimate of drug-likeness (QED) is 0.689. The summed E-state index contributed by atoms with van der Waals surface area (Å²) >= 11 is 0. The van der Waals surface area contributed by atoms with Gasteiger partial charge in [-0.25, -0.2) is 4.98 Å². The topological polar surface area (TPSA) is 45.2 Å². The molecule has 0 aliphatic carbocycles. The molecule has 22 heavy (non-hydrogen) atoms. The van der Waals surface area contributed by atoms with Crippen molar-refractivity contribution in [2.45, 2.75) is 39.4 Å². The van der Waals surface area contributed by atoms with Crippen molar-refractivity contribution < 1.29 is 4.79 Å². The van der Waals surface area contributed by atoms with Crippen LogP contribution in [-0.4, -0.2) is 43.5 Å². The Morgan fingerprint density at radius 3 is 2.64 bits per heavy atom. The standard InChI is InChI=1S/C17H25N3OSi/c1-14-11-15(7-10-22(2,3)4)12-18-17(14)19-16(21)13-20-8-5-6-9-20/h11-12H,5-6,8-9,13H2,1-4H3,(H,18,19,21). The molecule has 0 radical (unpaired) electrons. The summed E-state index contributed by atoms with van der Waals surface area (Å²) in [5.74, 6) is 3.85. The van der Waals surface area contributed by atoms with E-state index in [-0.39, 0.29) is 5.91 Å². The van der Waals surface area contributed by atoms with Crippen LogP contribution in [0.1, 0.15) is 24.0 Å². The second kappa shape index (κ2) is 7.08. The predicted molar refractivity (Wildman–Crippen MR) is 93.5 cm³/mol. The van der Waals surface area contributed by atoms with Gasteiger partial charge in [-0.1, -0.05) is 25.6 Å². The van der Waals surface area contributed by atoms with Gasteiger partial charge in [-0.3, -0.25) is 9.69 Å². The lowest BCUT2D eigenvalue weighted by Gasteiger charge is -2.14. The summed E-state index contributed by atoms with van der Waals surface area (Å²) in [6.45, 7) is 11.1. The maximum atomic E-state index is 12.0. The van der Waals surface area contributed by atoms with E-state index in [0.717, 1.165) is 24.2 Å². The van der Waals surface area contributed by atoms with Gasteiger partial charge in [-0.2, -0.15) is 0 Å². The van der Waals surface area contributed by atoms with Crippen LogP contribution < -0.4 is 5.32 Å². The summed E-state index contributed by atoms with van der Waals surface area (Å²) in [5.41, 5.74) is 5.20. The second-order valence-corrected chi connectivity index (χ2v) is 11.7. The number of carbonyl (C=O) groups is 1. The largest absolute Gasteiger partial charge is 0.309 e. The smallest absolute Gasteiger partial charge is 0.239 e. The number of hydrogen-bond acceptors (Lipinski definition) is 3. The summed E-state index contributed by atoms with van der Waals surface area (Å²) in [7, 11) is -1.38. The Morgan fingerprint density at radius 2 is 2.05 bits per heavy atom.